The Balaban J connectivity index is 1.81. The average Bonchev–Trinajstić information content (AvgIpc) is 3.08. The maximum absolute atomic E-state index is 11.9. The van der Waals surface area contributed by atoms with E-state index in [1.54, 1.807) is 4.68 Å². The lowest BCUT2D eigenvalue weighted by Gasteiger charge is -2.06. The number of nitrogens with zero attached hydrogens (tertiary/aromatic N) is 5. The van der Waals surface area contributed by atoms with Gasteiger partial charge in [0.05, 0.1) is 28.4 Å². The first-order valence-electron chi connectivity index (χ1n) is 7.55. The fourth-order valence-corrected chi connectivity index (χ4v) is 2.43. The van der Waals surface area contributed by atoms with Gasteiger partial charge in [0, 0.05) is 13.1 Å². The van der Waals surface area contributed by atoms with Crippen LogP contribution in [0.15, 0.2) is 6.20 Å². The number of amides is 1. The number of nitro groups is 1. The molecule has 0 atom stereocenters. The summed E-state index contributed by atoms with van der Waals surface area (Å²) >= 11 is 6.08. The predicted molar refractivity (Wildman–Crippen MR) is 89.8 cm³/mol. The minimum absolute atomic E-state index is 0.126. The molecule has 0 unspecified atom stereocenters. The van der Waals surface area contributed by atoms with E-state index in [0.717, 1.165) is 17.6 Å². The van der Waals surface area contributed by atoms with E-state index in [-0.39, 0.29) is 24.0 Å². The van der Waals surface area contributed by atoms with Crippen LogP contribution in [-0.4, -0.2) is 44.0 Å². The number of ether oxygens (including phenoxy) is 1. The van der Waals surface area contributed by atoms with Crippen molar-refractivity contribution in [3.8, 4) is 5.88 Å². The monoisotopic (exact) mass is 370 g/mol. The SMILES string of the molecule is COc1nn(CC(=O)NCCCn2nc(C)c(Cl)c2C)cc1[N+](=O)[O-]. The lowest BCUT2D eigenvalue weighted by Crippen LogP contribution is -2.29. The average molecular weight is 371 g/mol. The van der Waals surface area contributed by atoms with Crippen molar-refractivity contribution >= 4 is 23.2 Å². The lowest BCUT2D eigenvalue weighted by molar-refractivity contribution is -0.385. The molecule has 0 aliphatic rings. The van der Waals surface area contributed by atoms with Gasteiger partial charge in [-0.2, -0.15) is 5.10 Å². The molecule has 1 N–H and O–H groups in total. The van der Waals surface area contributed by atoms with Crippen molar-refractivity contribution in [2.24, 2.45) is 0 Å². The Hall–Kier alpha value is -2.62. The molecule has 11 heteroatoms. The molecule has 10 nitrogen and oxygen atoms in total. The Morgan fingerprint density at radius 1 is 1.44 bits per heavy atom. The zero-order valence-corrected chi connectivity index (χ0v) is 14.9. The highest BCUT2D eigenvalue weighted by Crippen LogP contribution is 2.23. The summed E-state index contributed by atoms with van der Waals surface area (Å²) in [7, 11) is 1.28. The Kier molecular flexibility index (Phi) is 5.97. The molecule has 0 fully saturated rings. The maximum atomic E-state index is 11.9. The van der Waals surface area contributed by atoms with Crippen LogP contribution in [0.2, 0.25) is 5.02 Å². The number of hydrogen-bond donors (Lipinski definition) is 1. The zero-order chi connectivity index (χ0) is 18.6. The van der Waals surface area contributed by atoms with Crippen molar-refractivity contribution in [1.82, 2.24) is 24.9 Å². The minimum Gasteiger partial charge on any atom is -0.475 e. The Labute approximate surface area is 148 Å². The molecule has 0 saturated heterocycles. The molecular formula is C14H19ClN6O4. The quantitative estimate of drug-likeness (QED) is 0.427. The van der Waals surface area contributed by atoms with Crippen LogP contribution in [0, 0.1) is 24.0 Å². The number of aromatic nitrogens is 4. The van der Waals surface area contributed by atoms with E-state index in [0.29, 0.717) is 24.5 Å². The van der Waals surface area contributed by atoms with Crippen LogP contribution in [0.25, 0.3) is 0 Å². The highest BCUT2D eigenvalue weighted by Gasteiger charge is 2.21. The van der Waals surface area contributed by atoms with Crippen LogP contribution < -0.4 is 10.1 Å². The first-order chi connectivity index (χ1) is 11.8. The minimum atomic E-state index is -0.611. The molecule has 2 aromatic rings. The number of halogens is 1. The smallest absolute Gasteiger partial charge is 0.350 e. The summed E-state index contributed by atoms with van der Waals surface area (Å²) in [6.45, 7) is 4.66. The van der Waals surface area contributed by atoms with E-state index in [1.165, 1.54) is 11.8 Å². The second kappa shape index (κ2) is 7.97. The van der Waals surface area contributed by atoms with Gasteiger partial charge >= 0.3 is 11.6 Å². The van der Waals surface area contributed by atoms with Crippen LogP contribution in [0.3, 0.4) is 0 Å². The van der Waals surface area contributed by atoms with Crippen molar-refractivity contribution in [2.75, 3.05) is 13.7 Å². The van der Waals surface area contributed by atoms with E-state index < -0.39 is 4.92 Å². The van der Waals surface area contributed by atoms with E-state index in [4.69, 9.17) is 16.3 Å². The summed E-state index contributed by atoms with van der Waals surface area (Å²) in [5, 5.41) is 22.4. The third-order valence-electron chi connectivity index (χ3n) is 3.57. The number of aryl methyl sites for hydroxylation is 2. The summed E-state index contributed by atoms with van der Waals surface area (Å²) in [5.41, 5.74) is 1.38. The second-order valence-electron chi connectivity index (χ2n) is 5.39. The number of carbonyl (C=O) groups is 1. The predicted octanol–water partition coefficient (Wildman–Crippen LogP) is 1.47. The van der Waals surface area contributed by atoms with Gasteiger partial charge < -0.3 is 10.1 Å². The van der Waals surface area contributed by atoms with Gasteiger partial charge in [0.2, 0.25) is 5.91 Å². The van der Waals surface area contributed by atoms with Crippen LogP contribution in [0.4, 0.5) is 5.69 Å². The topological polar surface area (TPSA) is 117 Å². The third kappa shape index (κ3) is 4.47. The largest absolute Gasteiger partial charge is 0.475 e. The van der Waals surface area contributed by atoms with Gasteiger partial charge in [0.25, 0.3) is 0 Å². The zero-order valence-electron chi connectivity index (χ0n) is 14.2. The van der Waals surface area contributed by atoms with E-state index in [2.05, 4.69) is 15.5 Å². The summed E-state index contributed by atoms with van der Waals surface area (Å²) in [6, 6.07) is 0. The molecule has 0 aliphatic heterocycles. The second-order valence-corrected chi connectivity index (χ2v) is 5.77. The summed E-state index contributed by atoms with van der Waals surface area (Å²) < 4.78 is 7.78. The van der Waals surface area contributed by atoms with Gasteiger partial charge in [0.1, 0.15) is 12.7 Å². The lowest BCUT2D eigenvalue weighted by atomic mass is 10.3. The van der Waals surface area contributed by atoms with Crippen molar-refractivity contribution < 1.29 is 14.5 Å². The standard InChI is InChI=1S/C14H19ClN6O4/c1-9-13(15)10(2)20(17-9)6-4-5-16-12(22)8-19-7-11(21(23)24)14(18-19)25-3/h7H,4-6,8H2,1-3H3,(H,16,22). The fourth-order valence-electron chi connectivity index (χ4n) is 2.30. The highest BCUT2D eigenvalue weighted by atomic mass is 35.5. The van der Waals surface area contributed by atoms with Crippen LogP contribution in [0.5, 0.6) is 5.88 Å². The molecule has 0 spiro atoms. The Bertz CT molecular complexity index is 785. The summed E-state index contributed by atoms with van der Waals surface area (Å²) in [5.74, 6) is -0.425. The molecule has 25 heavy (non-hydrogen) atoms. The van der Waals surface area contributed by atoms with Crippen LogP contribution in [0.1, 0.15) is 17.8 Å². The number of methoxy groups -OCH3 is 1. The number of hydrogen-bond acceptors (Lipinski definition) is 6. The van der Waals surface area contributed by atoms with Crippen molar-refractivity contribution in [1.29, 1.82) is 0 Å². The van der Waals surface area contributed by atoms with Gasteiger partial charge in [-0.05, 0) is 20.3 Å². The number of rotatable bonds is 8. The van der Waals surface area contributed by atoms with Crippen molar-refractivity contribution in [3.05, 3.63) is 32.7 Å². The third-order valence-corrected chi connectivity index (χ3v) is 4.11. The normalized spacial score (nSPS) is 10.7. The molecule has 1 amide bonds. The fraction of sp³-hybridized carbons (Fsp3) is 0.500. The number of nitrogens with one attached hydrogen (secondary N) is 1. The van der Waals surface area contributed by atoms with Gasteiger partial charge in [-0.15, -0.1) is 5.10 Å². The van der Waals surface area contributed by atoms with Crippen molar-refractivity contribution in [3.63, 3.8) is 0 Å². The summed E-state index contributed by atoms with van der Waals surface area (Å²) in [4.78, 5) is 22.1. The molecule has 2 heterocycles. The molecule has 136 valence electrons. The molecular weight excluding hydrogens is 352 g/mol. The van der Waals surface area contributed by atoms with E-state index >= 15 is 0 Å². The van der Waals surface area contributed by atoms with E-state index in [9.17, 15) is 14.9 Å². The first kappa shape index (κ1) is 18.7. The van der Waals surface area contributed by atoms with Gasteiger partial charge in [-0.1, -0.05) is 11.6 Å². The molecule has 0 bridgehead atoms. The van der Waals surface area contributed by atoms with Crippen molar-refractivity contribution in [2.45, 2.75) is 33.4 Å². The molecule has 2 rings (SSSR count). The first-order valence-corrected chi connectivity index (χ1v) is 7.93. The summed E-state index contributed by atoms with van der Waals surface area (Å²) in [6.07, 6.45) is 1.84. The van der Waals surface area contributed by atoms with Gasteiger partial charge in [0.15, 0.2) is 0 Å². The molecule has 0 aliphatic carbocycles. The van der Waals surface area contributed by atoms with E-state index in [1.807, 2.05) is 13.8 Å². The molecule has 2 aromatic heterocycles. The van der Waals surface area contributed by atoms with Crippen LogP contribution >= 0.6 is 11.6 Å². The number of carbonyl (C=O) groups excluding carboxylic acids is 1. The highest BCUT2D eigenvalue weighted by molar-refractivity contribution is 6.31. The van der Waals surface area contributed by atoms with Crippen LogP contribution in [-0.2, 0) is 17.9 Å². The molecule has 0 aromatic carbocycles. The maximum Gasteiger partial charge on any atom is 0.350 e. The molecule has 0 radical (unpaired) electrons. The Morgan fingerprint density at radius 3 is 2.68 bits per heavy atom. The molecule has 0 saturated carbocycles. The Morgan fingerprint density at radius 2 is 2.16 bits per heavy atom. The van der Waals surface area contributed by atoms with Gasteiger partial charge in [-0.25, -0.2) is 0 Å². The van der Waals surface area contributed by atoms with Gasteiger partial charge in [-0.3, -0.25) is 24.3 Å².